The number of imide groups is 1. The van der Waals surface area contributed by atoms with E-state index in [1.807, 2.05) is 42.5 Å². The summed E-state index contributed by atoms with van der Waals surface area (Å²) in [5.41, 5.74) is 0.823. The molecule has 7 nitrogen and oxygen atoms in total. The number of rotatable bonds is 4. The molecule has 0 saturated heterocycles. The highest BCUT2D eigenvalue weighted by atomic mass is 16.6. The Hall–Kier alpha value is -3.74. The molecule has 1 aliphatic heterocycles. The van der Waals surface area contributed by atoms with Gasteiger partial charge in [0.2, 0.25) is 0 Å². The number of non-ortho nitro benzene ring substituents is 1. The van der Waals surface area contributed by atoms with Gasteiger partial charge in [-0.15, -0.1) is 0 Å². The van der Waals surface area contributed by atoms with Crippen molar-refractivity contribution in [2.24, 2.45) is 0 Å². The lowest BCUT2D eigenvalue weighted by Gasteiger charge is -2.16. The third-order valence-electron chi connectivity index (χ3n) is 4.38. The van der Waals surface area contributed by atoms with Crippen molar-refractivity contribution in [2.75, 3.05) is 12.0 Å². The van der Waals surface area contributed by atoms with Gasteiger partial charge >= 0.3 is 0 Å². The quantitative estimate of drug-likeness (QED) is 0.443. The van der Waals surface area contributed by atoms with Gasteiger partial charge in [-0.1, -0.05) is 36.4 Å². The maximum Gasteiger partial charge on any atom is 0.270 e. The normalized spacial score (nSPS) is 13.2. The lowest BCUT2D eigenvalue weighted by molar-refractivity contribution is -0.384. The van der Waals surface area contributed by atoms with Crippen LogP contribution in [0.5, 0.6) is 0 Å². The van der Waals surface area contributed by atoms with Crippen LogP contribution in [0.25, 0.3) is 10.8 Å². The van der Waals surface area contributed by atoms with Crippen molar-refractivity contribution in [3.8, 4) is 0 Å². The number of carbonyl (C=O) groups excluding carboxylic acids is 2. The molecule has 0 atom stereocenters. The summed E-state index contributed by atoms with van der Waals surface area (Å²) >= 11 is 0. The Kier molecular flexibility index (Phi) is 3.62. The van der Waals surface area contributed by atoms with Gasteiger partial charge in [-0.3, -0.25) is 24.6 Å². The van der Waals surface area contributed by atoms with Gasteiger partial charge in [-0.05, 0) is 17.5 Å². The van der Waals surface area contributed by atoms with Crippen molar-refractivity contribution in [1.29, 1.82) is 0 Å². The van der Waals surface area contributed by atoms with Crippen molar-refractivity contribution >= 4 is 34.0 Å². The van der Waals surface area contributed by atoms with E-state index >= 15 is 0 Å². The summed E-state index contributed by atoms with van der Waals surface area (Å²) < 4.78 is 0. The SMILES string of the molecule is O=C1c2ccc([N+](=O)[O-])cc2C(=O)N1CNc1cccc2ccccc12. The molecule has 0 radical (unpaired) electrons. The predicted molar refractivity (Wildman–Crippen MR) is 96.0 cm³/mol. The van der Waals surface area contributed by atoms with Gasteiger partial charge in [-0.2, -0.15) is 0 Å². The molecule has 0 fully saturated rings. The molecular weight excluding hydrogens is 334 g/mol. The average Bonchev–Trinajstić information content (AvgIpc) is 2.90. The van der Waals surface area contributed by atoms with Crippen molar-refractivity contribution in [2.45, 2.75) is 0 Å². The molecule has 0 bridgehead atoms. The number of anilines is 1. The van der Waals surface area contributed by atoms with E-state index in [-0.39, 0.29) is 23.5 Å². The fourth-order valence-electron chi connectivity index (χ4n) is 3.08. The summed E-state index contributed by atoms with van der Waals surface area (Å²) in [5, 5.41) is 16.0. The molecule has 7 heteroatoms. The molecule has 0 unspecified atom stereocenters. The van der Waals surface area contributed by atoms with Crippen molar-refractivity contribution in [1.82, 2.24) is 4.90 Å². The molecular formula is C19H13N3O4. The van der Waals surface area contributed by atoms with Crippen LogP contribution in [0.2, 0.25) is 0 Å². The van der Waals surface area contributed by atoms with Gasteiger partial charge in [0.25, 0.3) is 17.5 Å². The summed E-state index contributed by atoms with van der Waals surface area (Å²) in [4.78, 5) is 36.3. The van der Waals surface area contributed by atoms with Crippen LogP contribution in [-0.2, 0) is 0 Å². The summed E-state index contributed by atoms with van der Waals surface area (Å²) in [6.45, 7) is -0.0197. The minimum atomic E-state index is -0.588. The fourth-order valence-corrected chi connectivity index (χ4v) is 3.08. The molecule has 2 amide bonds. The van der Waals surface area contributed by atoms with Gasteiger partial charge in [-0.25, -0.2) is 0 Å². The summed E-state index contributed by atoms with van der Waals surface area (Å²) in [6, 6.07) is 17.2. The van der Waals surface area contributed by atoms with E-state index in [2.05, 4.69) is 5.32 Å². The summed E-state index contributed by atoms with van der Waals surface area (Å²) in [7, 11) is 0. The minimum absolute atomic E-state index is 0.0197. The van der Waals surface area contributed by atoms with Crippen LogP contribution in [0, 0.1) is 10.1 Å². The number of benzene rings is 3. The average molecular weight is 347 g/mol. The Bertz CT molecular complexity index is 1070. The molecule has 3 aromatic carbocycles. The van der Waals surface area contributed by atoms with Crippen LogP contribution in [0.1, 0.15) is 20.7 Å². The standard InChI is InChI=1S/C19H13N3O4/c23-18-15-9-8-13(22(25)26)10-16(15)19(24)21(18)11-20-17-7-3-5-12-4-1-2-6-14(12)17/h1-10,20H,11H2. The highest BCUT2D eigenvalue weighted by Gasteiger charge is 2.36. The van der Waals surface area contributed by atoms with Crippen LogP contribution in [0.3, 0.4) is 0 Å². The Balaban J connectivity index is 1.60. The van der Waals surface area contributed by atoms with Gasteiger partial charge in [0, 0.05) is 23.2 Å². The first kappa shape index (κ1) is 15.8. The molecule has 4 rings (SSSR count). The first-order valence-corrected chi connectivity index (χ1v) is 7.92. The topological polar surface area (TPSA) is 92.5 Å². The fraction of sp³-hybridized carbons (Fsp3) is 0.0526. The van der Waals surface area contributed by atoms with Crippen molar-refractivity contribution in [3.63, 3.8) is 0 Å². The van der Waals surface area contributed by atoms with Crippen LogP contribution >= 0.6 is 0 Å². The Morgan fingerprint density at radius 3 is 2.46 bits per heavy atom. The zero-order chi connectivity index (χ0) is 18.3. The van der Waals surface area contributed by atoms with Crippen molar-refractivity contribution in [3.05, 3.63) is 81.9 Å². The summed E-state index contributed by atoms with van der Waals surface area (Å²) in [5.74, 6) is -1.01. The zero-order valence-corrected chi connectivity index (χ0v) is 13.5. The number of nitrogens with zero attached hydrogens (tertiary/aromatic N) is 2. The Morgan fingerprint density at radius 1 is 0.923 bits per heavy atom. The zero-order valence-electron chi connectivity index (χ0n) is 13.5. The third kappa shape index (κ3) is 2.46. The van der Waals surface area contributed by atoms with Crippen molar-refractivity contribution < 1.29 is 14.5 Å². The van der Waals surface area contributed by atoms with Gasteiger partial charge < -0.3 is 5.32 Å². The highest BCUT2D eigenvalue weighted by molar-refractivity contribution is 6.21. The first-order chi connectivity index (χ1) is 12.6. The summed E-state index contributed by atoms with van der Waals surface area (Å²) in [6.07, 6.45) is 0. The number of fused-ring (bicyclic) bond motifs is 2. The first-order valence-electron chi connectivity index (χ1n) is 7.92. The second-order valence-corrected chi connectivity index (χ2v) is 5.89. The molecule has 0 spiro atoms. The molecule has 1 aliphatic rings. The number of nitro benzene ring substituents is 1. The van der Waals surface area contributed by atoms with E-state index in [4.69, 9.17) is 0 Å². The molecule has 1 heterocycles. The predicted octanol–water partition coefficient (Wildman–Crippen LogP) is 3.41. The van der Waals surface area contributed by atoms with Crippen LogP contribution in [-0.4, -0.2) is 28.3 Å². The maximum absolute atomic E-state index is 12.5. The molecule has 3 aromatic rings. The van der Waals surface area contributed by atoms with E-state index in [0.717, 1.165) is 27.4 Å². The van der Waals surface area contributed by atoms with Crippen LogP contribution < -0.4 is 5.32 Å². The van der Waals surface area contributed by atoms with Crippen LogP contribution in [0.4, 0.5) is 11.4 Å². The number of nitro groups is 1. The maximum atomic E-state index is 12.5. The van der Waals surface area contributed by atoms with E-state index < -0.39 is 16.7 Å². The van der Waals surface area contributed by atoms with Gasteiger partial charge in [0.05, 0.1) is 22.7 Å². The van der Waals surface area contributed by atoms with E-state index in [0.29, 0.717) is 0 Å². The number of amides is 2. The molecule has 0 aliphatic carbocycles. The number of nitrogens with one attached hydrogen (secondary N) is 1. The van der Waals surface area contributed by atoms with Gasteiger partial charge in [0.1, 0.15) is 0 Å². The monoisotopic (exact) mass is 347 g/mol. The second-order valence-electron chi connectivity index (χ2n) is 5.89. The van der Waals surface area contributed by atoms with Crippen LogP contribution in [0.15, 0.2) is 60.7 Å². The van der Waals surface area contributed by atoms with E-state index in [1.54, 1.807) is 0 Å². The highest BCUT2D eigenvalue weighted by Crippen LogP contribution is 2.28. The molecule has 128 valence electrons. The molecule has 1 N–H and O–H groups in total. The number of carbonyl (C=O) groups is 2. The van der Waals surface area contributed by atoms with Gasteiger partial charge in [0.15, 0.2) is 0 Å². The lowest BCUT2D eigenvalue weighted by atomic mass is 10.1. The minimum Gasteiger partial charge on any atom is -0.367 e. The number of hydrogen-bond donors (Lipinski definition) is 1. The Labute approximate surface area is 148 Å². The smallest absolute Gasteiger partial charge is 0.270 e. The third-order valence-corrected chi connectivity index (χ3v) is 4.38. The largest absolute Gasteiger partial charge is 0.367 e. The molecule has 26 heavy (non-hydrogen) atoms. The Morgan fingerprint density at radius 2 is 1.65 bits per heavy atom. The molecule has 0 saturated carbocycles. The molecule has 0 aromatic heterocycles. The second kappa shape index (κ2) is 5.96. The lowest BCUT2D eigenvalue weighted by Crippen LogP contribution is -2.34. The van der Waals surface area contributed by atoms with E-state index in [9.17, 15) is 19.7 Å². The van der Waals surface area contributed by atoms with E-state index in [1.165, 1.54) is 12.1 Å². The number of hydrogen-bond acceptors (Lipinski definition) is 5.